The van der Waals surface area contributed by atoms with Gasteiger partial charge in [0.2, 0.25) is 0 Å². The highest BCUT2D eigenvalue weighted by molar-refractivity contribution is 7.22. The highest BCUT2D eigenvalue weighted by Crippen LogP contribution is 2.33. The molecule has 1 saturated heterocycles. The molecular weight excluding hydrogens is 372 g/mol. The quantitative estimate of drug-likeness (QED) is 0.599. The van der Waals surface area contributed by atoms with E-state index in [-0.39, 0.29) is 12.0 Å². The smallest absolute Gasteiger partial charge is 0.260 e. The van der Waals surface area contributed by atoms with E-state index in [1.807, 2.05) is 56.3 Å². The molecule has 1 unspecified atom stereocenters. The molecule has 0 aliphatic carbocycles. The number of aryl methyl sites for hydroxylation is 1. The third kappa shape index (κ3) is 4.03. The van der Waals surface area contributed by atoms with E-state index in [0.29, 0.717) is 23.8 Å². The summed E-state index contributed by atoms with van der Waals surface area (Å²) < 4.78 is 12.4. The van der Waals surface area contributed by atoms with E-state index in [9.17, 15) is 4.79 Å². The van der Waals surface area contributed by atoms with Crippen molar-refractivity contribution < 1.29 is 14.3 Å². The third-order valence-corrected chi connectivity index (χ3v) is 5.89. The number of thiazole rings is 1. The number of hydrogen-bond acceptors (Lipinski definition) is 5. The van der Waals surface area contributed by atoms with Gasteiger partial charge in [-0.15, -0.1) is 0 Å². The summed E-state index contributed by atoms with van der Waals surface area (Å²) in [4.78, 5) is 19.8. The monoisotopic (exact) mass is 396 g/mol. The van der Waals surface area contributed by atoms with Crippen LogP contribution in [0.15, 0.2) is 42.5 Å². The van der Waals surface area contributed by atoms with Crippen LogP contribution in [0.2, 0.25) is 0 Å². The normalized spacial score (nSPS) is 16.4. The minimum absolute atomic E-state index is 0.0420. The Labute approximate surface area is 168 Å². The van der Waals surface area contributed by atoms with Gasteiger partial charge in [0.05, 0.1) is 29.5 Å². The lowest BCUT2D eigenvalue weighted by Gasteiger charge is -2.23. The van der Waals surface area contributed by atoms with Crippen LogP contribution < -0.4 is 9.64 Å². The summed E-state index contributed by atoms with van der Waals surface area (Å²) in [6, 6.07) is 13.5. The van der Waals surface area contributed by atoms with Gasteiger partial charge < -0.3 is 9.47 Å². The number of anilines is 1. The van der Waals surface area contributed by atoms with E-state index < -0.39 is 0 Å². The first-order valence-corrected chi connectivity index (χ1v) is 10.5. The van der Waals surface area contributed by atoms with E-state index in [0.717, 1.165) is 41.0 Å². The van der Waals surface area contributed by atoms with Crippen molar-refractivity contribution in [1.82, 2.24) is 4.98 Å². The average Bonchev–Trinajstić information content (AvgIpc) is 3.35. The Bertz CT molecular complexity index is 962. The summed E-state index contributed by atoms with van der Waals surface area (Å²) in [5, 5.41) is 0.699. The number of fused-ring (bicyclic) bond motifs is 1. The van der Waals surface area contributed by atoms with Crippen molar-refractivity contribution in [3.8, 4) is 5.75 Å². The molecule has 6 heteroatoms. The lowest BCUT2D eigenvalue weighted by atomic mass is 10.1. The molecule has 4 rings (SSSR count). The van der Waals surface area contributed by atoms with Crippen LogP contribution in [0.5, 0.6) is 5.75 Å². The van der Waals surface area contributed by atoms with Crippen molar-refractivity contribution in [3.63, 3.8) is 0 Å². The zero-order chi connectivity index (χ0) is 19.5. The molecule has 3 aromatic rings. The maximum absolute atomic E-state index is 13.3. The predicted molar refractivity (Wildman–Crippen MR) is 113 cm³/mol. The maximum atomic E-state index is 13.3. The summed E-state index contributed by atoms with van der Waals surface area (Å²) >= 11 is 1.51. The number of ether oxygens (including phenoxy) is 2. The summed E-state index contributed by atoms with van der Waals surface area (Å²) in [5.41, 5.74) is 2.67. The van der Waals surface area contributed by atoms with Gasteiger partial charge in [0, 0.05) is 12.2 Å². The van der Waals surface area contributed by atoms with Gasteiger partial charge in [0.1, 0.15) is 5.75 Å². The molecule has 2 heterocycles. The third-order valence-electron chi connectivity index (χ3n) is 4.84. The van der Waals surface area contributed by atoms with Crippen LogP contribution in [0, 0.1) is 6.92 Å². The molecule has 0 radical (unpaired) electrons. The number of nitrogens with zero attached hydrogens (tertiary/aromatic N) is 2. The van der Waals surface area contributed by atoms with Crippen LogP contribution in [0.25, 0.3) is 10.2 Å². The second-order valence-electron chi connectivity index (χ2n) is 6.98. The molecule has 28 heavy (non-hydrogen) atoms. The highest BCUT2D eigenvalue weighted by Gasteiger charge is 2.27. The lowest BCUT2D eigenvalue weighted by molar-refractivity contribution is 0.0917. The van der Waals surface area contributed by atoms with Gasteiger partial charge in [-0.1, -0.05) is 29.0 Å². The molecular formula is C22H24N2O3S. The van der Waals surface area contributed by atoms with Crippen LogP contribution in [0.3, 0.4) is 0 Å². The van der Waals surface area contributed by atoms with Gasteiger partial charge >= 0.3 is 0 Å². The highest BCUT2D eigenvalue weighted by atomic mass is 32.1. The number of carbonyl (C=O) groups is 1. The topological polar surface area (TPSA) is 51.7 Å². The van der Waals surface area contributed by atoms with Crippen molar-refractivity contribution in [2.75, 3.05) is 24.7 Å². The molecule has 2 aromatic carbocycles. The van der Waals surface area contributed by atoms with E-state index >= 15 is 0 Å². The van der Waals surface area contributed by atoms with Crippen LogP contribution in [-0.4, -0.2) is 36.8 Å². The van der Waals surface area contributed by atoms with Crippen molar-refractivity contribution >= 4 is 32.6 Å². The van der Waals surface area contributed by atoms with Crippen molar-refractivity contribution in [2.24, 2.45) is 0 Å². The Morgan fingerprint density at radius 1 is 1.29 bits per heavy atom. The Hall–Kier alpha value is -2.44. The van der Waals surface area contributed by atoms with Gasteiger partial charge in [-0.2, -0.15) is 0 Å². The Morgan fingerprint density at radius 3 is 2.82 bits per heavy atom. The first-order chi connectivity index (χ1) is 13.6. The van der Waals surface area contributed by atoms with E-state index in [1.54, 1.807) is 4.90 Å². The molecule has 1 fully saturated rings. The fraction of sp³-hybridized carbons (Fsp3) is 0.364. The summed E-state index contributed by atoms with van der Waals surface area (Å²) in [7, 11) is 0. The van der Waals surface area contributed by atoms with E-state index in [2.05, 4.69) is 0 Å². The first kappa shape index (κ1) is 18.9. The fourth-order valence-corrected chi connectivity index (χ4v) is 4.36. The summed E-state index contributed by atoms with van der Waals surface area (Å²) in [6.45, 7) is 5.88. The van der Waals surface area contributed by atoms with Gasteiger partial charge in [-0.3, -0.25) is 9.69 Å². The molecule has 146 valence electrons. The number of aromatic nitrogens is 1. The zero-order valence-corrected chi connectivity index (χ0v) is 17.0. The largest absolute Gasteiger partial charge is 0.494 e. The Kier molecular flexibility index (Phi) is 5.59. The maximum Gasteiger partial charge on any atom is 0.260 e. The van der Waals surface area contributed by atoms with Crippen LogP contribution in [-0.2, 0) is 4.74 Å². The standard InChI is InChI=1S/C22H24N2O3S/c1-3-26-17-10-11-19-20(13-17)28-22(23-19)24(14-18-5-4-12-27-18)21(25)16-8-6-15(2)7-9-16/h6-11,13,18H,3-5,12,14H2,1-2H3. The number of amides is 1. The molecule has 0 saturated carbocycles. The fourth-order valence-electron chi connectivity index (χ4n) is 3.36. The number of benzene rings is 2. The van der Waals surface area contributed by atoms with Gasteiger partial charge in [0.15, 0.2) is 5.13 Å². The van der Waals surface area contributed by atoms with E-state index in [4.69, 9.17) is 14.5 Å². The molecule has 0 N–H and O–H groups in total. The molecule has 1 aliphatic heterocycles. The van der Waals surface area contributed by atoms with Crippen molar-refractivity contribution in [2.45, 2.75) is 32.8 Å². The molecule has 0 bridgehead atoms. The number of carbonyl (C=O) groups excluding carboxylic acids is 1. The lowest BCUT2D eigenvalue weighted by Crippen LogP contribution is -2.37. The minimum Gasteiger partial charge on any atom is -0.494 e. The van der Waals surface area contributed by atoms with Crippen LogP contribution in [0.4, 0.5) is 5.13 Å². The Balaban J connectivity index is 1.68. The van der Waals surface area contributed by atoms with Gasteiger partial charge in [-0.25, -0.2) is 4.98 Å². The minimum atomic E-state index is -0.0420. The average molecular weight is 397 g/mol. The molecule has 1 aliphatic rings. The number of hydrogen-bond donors (Lipinski definition) is 0. The zero-order valence-electron chi connectivity index (χ0n) is 16.2. The molecule has 5 nitrogen and oxygen atoms in total. The molecule has 1 aromatic heterocycles. The second kappa shape index (κ2) is 8.29. The van der Waals surface area contributed by atoms with E-state index in [1.165, 1.54) is 11.3 Å². The Morgan fingerprint density at radius 2 is 2.11 bits per heavy atom. The SMILES string of the molecule is CCOc1ccc2nc(N(CC3CCCO3)C(=O)c3ccc(C)cc3)sc2c1. The van der Waals surface area contributed by atoms with Crippen LogP contribution in [0.1, 0.15) is 35.7 Å². The second-order valence-corrected chi connectivity index (χ2v) is 7.98. The predicted octanol–water partition coefficient (Wildman–Crippen LogP) is 4.83. The molecule has 0 spiro atoms. The summed E-state index contributed by atoms with van der Waals surface area (Å²) in [6.07, 6.45) is 2.06. The number of rotatable bonds is 6. The van der Waals surface area contributed by atoms with Crippen LogP contribution >= 0.6 is 11.3 Å². The van der Waals surface area contributed by atoms with Gasteiger partial charge in [0.25, 0.3) is 5.91 Å². The molecule has 1 atom stereocenters. The molecule has 1 amide bonds. The van der Waals surface area contributed by atoms with Gasteiger partial charge in [-0.05, 0) is 57.0 Å². The summed E-state index contributed by atoms with van der Waals surface area (Å²) in [5.74, 6) is 0.778. The van der Waals surface area contributed by atoms with Crippen molar-refractivity contribution in [3.05, 3.63) is 53.6 Å². The first-order valence-electron chi connectivity index (χ1n) is 9.67. The van der Waals surface area contributed by atoms with Crippen molar-refractivity contribution in [1.29, 1.82) is 0 Å².